The van der Waals surface area contributed by atoms with Gasteiger partial charge in [-0.15, -0.1) is 0 Å². The minimum absolute atomic E-state index is 0.655. The second kappa shape index (κ2) is 3.54. The number of carbonyl (C=O) groups excluding carboxylic acids is 1. The van der Waals surface area contributed by atoms with Crippen LogP contribution in [0.4, 0.5) is 0 Å². The molecule has 0 heterocycles. The lowest BCUT2D eigenvalue weighted by molar-refractivity contribution is -0.131. The van der Waals surface area contributed by atoms with Gasteiger partial charge in [-0.1, -0.05) is 0 Å². The zero-order valence-corrected chi connectivity index (χ0v) is 4.57. The molecule has 0 unspecified atom stereocenters. The molecule has 0 atom stereocenters. The predicted octanol–water partition coefficient (Wildman–Crippen LogP) is -0.146. The number of amides is 1. The number of carbonyl (C=O) groups is 2. The molecule has 0 aliphatic heterocycles. The van der Waals surface area contributed by atoms with Gasteiger partial charge in [-0.2, -0.15) is 0 Å². The van der Waals surface area contributed by atoms with E-state index in [1.165, 1.54) is 0 Å². The van der Waals surface area contributed by atoms with Crippen molar-refractivity contribution in [2.45, 2.75) is 0 Å². The van der Waals surface area contributed by atoms with Gasteiger partial charge in [0.05, 0.1) is 0 Å². The fraction of sp³-hybridized carbons (Fsp3) is 0. The first-order chi connectivity index (χ1) is 4.16. The van der Waals surface area contributed by atoms with Crippen molar-refractivity contribution in [1.29, 1.82) is 0 Å². The molecule has 4 nitrogen and oxygen atoms in total. The third-order valence-corrected chi connectivity index (χ3v) is 0.524. The molecule has 0 radical (unpaired) electrons. The summed E-state index contributed by atoms with van der Waals surface area (Å²) < 4.78 is 0. The average molecular weight is 127 g/mol. The van der Waals surface area contributed by atoms with Crippen molar-refractivity contribution in [3.05, 3.63) is 12.2 Å². The van der Waals surface area contributed by atoms with E-state index in [1.807, 2.05) is 0 Å². The first kappa shape index (κ1) is 7.55. The maximum absolute atomic E-state index is 10.1. The third-order valence-electron chi connectivity index (χ3n) is 0.524. The van der Waals surface area contributed by atoms with Crippen LogP contribution in [-0.2, 0) is 9.59 Å². The van der Waals surface area contributed by atoms with Crippen molar-refractivity contribution < 1.29 is 14.7 Å². The number of hydrogen-bond acceptors (Lipinski definition) is 2. The highest BCUT2D eigenvalue weighted by molar-refractivity contribution is 5.95. The smallest absolute Gasteiger partial charge is 0.328 e. The van der Waals surface area contributed by atoms with Gasteiger partial charge >= 0.3 is 5.97 Å². The Morgan fingerprint density at radius 1 is 1.44 bits per heavy atom. The summed E-state index contributed by atoms with van der Waals surface area (Å²) in [6.45, 7) is 2.89. The van der Waals surface area contributed by atoms with Crippen molar-refractivity contribution in [2.75, 3.05) is 0 Å². The molecule has 0 aliphatic carbocycles. The molecule has 0 aromatic rings. The number of hydrogen-bond donors (Lipinski definition) is 1. The minimum Gasteiger partial charge on any atom is -0.478 e. The highest BCUT2D eigenvalue weighted by Crippen LogP contribution is 1.76. The zero-order chi connectivity index (χ0) is 7.28. The molecule has 0 aliphatic rings. The number of rotatable bonds is 2. The Morgan fingerprint density at radius 3 is 2.33 bits per heavy atom. The van der Waals surface area contributed by atoms with Crippen molar-refractivity contribution in [1.82, 2.24) is 0 Å². The van der Waals surface area contributed by atoms with Crippen LogP contribution in [0.3, 0.4) is 0 Å². The summed E-state index contributed by atoms with van der Waals surface area (Å²) in [7, 11) is 0. The molecule has 0 saturated heterocycles. The molecule has 0 aromatic heterocycles. The number of carboxylic acid groups (broad SMARTS) is 1. The van der Waals surface area contributed by atoms with E-state index in [-0.39, 0.29) is 0 Å². The van der Waals surface area contributed by atoms with Crippen LogP contribution in [0, 0.1) is 0 Å². The maximum atomic E-state index is 10.1. The van der Waals surface area contributed by atoms with Crippen LogP contribution in [0.25, 0.3) is 0 Å². The van der Waals surface area contributed by atoms with Gasteiger partial charge in [0.1, 0.15) is 0 Å². The van der Waals surface area contributed by atoms with E-state index in [0.29, 0.717) is 6.08 Å². The first-order valence-electron chi connectivity index (χ1n) is 2.08. The largest absolute Gasteiger partial charge is 0.478 e. The summed E-state index contributed by atoms with van der Waals surface area (Å²) in [5.41, 5.74) is 0. The van der Waals surface area contributed by atoms with Crippen LogP contribution in [0.15, 0.2) is 17.1 Å². The Balaban J connectivity index is 3.85. The number of aliphatic imine (C=N–C) groups is 1. The fourth-order valence-corrected chi connectivity index (χ4v) is 0.195. The third kappa shape index (κ3) is 4.40. The average Bonchev–Trinajstić information content (AvgIpc) is 1.83. The Hall–Kier alpha value is -1.45. The molecular weight excluding hydrogens is 122 g/mol. The number of nitrogens with zero attached hydrogens (tertiary/aromatic N) is 1. The molecule has 0 saturated carbocycles. The van der Waals surface area contributed by atoms with Gasteiger partial charge in [-0.25, -0.2) is 9.79 Å². The molecule has 48 valence electrons. The zero-order valence-electron chi connectivity index (χ0n) is 4.57. The van der Waals surface area contributed by atoms with E-state index in [4.69, 9.17) is 5.11 Å². The Kier molecular flexibility index (Phi) is 2.97. The van der Waals surface area contributed by atoms with Crippen molar-refractivity contribution in [2.24, 2.45) is 4.99 Å². The summed E-state index contributed by atoms with van der Waals surface area (Å²) in [5.74, 6) is -1.83. The van der Waals surface area contributed by atoms with E-state index >= 15 is 0 Å². The maximum Gasteiger partial charge on any atom is 0.328 e. The van der Waals surface area contributed by atoms with E-state index in [2.05, 4.69) is 11.7 Å². The lowest BCUT2D eigenvalue weighted by Gasteiger charge is -1.76. The lowest BCUT2D eigenvalue weighted by Crippen LogP contribution is -1.90. The van der Waals surface area contributed by atoms with E-state index in [9.17, 15) is 9.59 Å². The Bertz CT molecular complexity index is 171. The van der Waals surface area contributed by atoms with Gasteiger partial charge in [0.15, 0.2) is 0 Å². The molecule has 0 fully saturated rings. The first-order valence-corrected chi connectivity index (χ1v) is 2.08. The van der Waals surface area contributed by atoms with Crippen LogP contribution in [0.2, 0.25) is 0 Å². The predicted molar refractivity (Wildman–Crippen MR) is 31.3 cm³/mol. The topological polar surface area (TPSA) is 66.7 Å². The summed E-state index contributed by atoms with van der Waals surface area (Å²) in [6.07, 6.45) is 1.53. The monoisotopic (exact) mass is 127 g/mol. The van der Waals surface area contributed by atoms with E-state index in [1.54, 1.807) is 0 Å². The highest BCUT2D eigenvalue weighted by atomic mass is 16.4. The number of carboxylic acids is 1. The summed E-state index contributed by atoms with van der Waals surface area (Å²) in [5, 5.41) is 7.96. The molecule has 0 spiro atoms. The number of aliphatic carboxylic acids is 1. The van der Waals surface area contributed by atoms with Crippen molar-refractivity contribution in [3.8, 4) is 0 Å². The van der Waals surface area contributed by atoms with Crippen molar-refractivity contribution in [3.63, 3.8) is 0 Å². The van der Waals surface area contributed by atoms with Crippen LogP contribution in [0.1, 0.15) is 0 Å². The molecule has 1 amide bonds. The molecular formula is C5H5NO3. The van der Waals surface area contributed by atoms with Crippen LogP contribution >= 0.6 is 0 Å². The molecule has 0 aromatic carbocycles. The molecule has 4 heteroatoms. The normalized spacial score (nSPS) is 9.33. The van der Waals surface area contributed by atoms with Gasteiger partial charge < -0.3 is 5.11 Å². The van der Waals surface area contributed by atoms with Crippen molar-refractivity contribution >= 4 is 18.6 Å². The summed E-state index contributed by atoms with van der Waals surface area (Å²) in [4.78, 5) is 22.8. The van der Waals surface area contributed by atoms with Gasteiger partial charge in [-0.05, 0) is 6.72 Å². The lowest BCUT2D eigenvalue weighted by atomic mass is 10.5. The molecule has 0 bridgehead atoms. The second-order valence-electron chi connectivity index (χ2n) is 1.17. The van der Waals surface area contributed by atoms with Crippen LogP contribution in [-0.4, -0.2) is 23.7 Å². The summed E-state index contributed by atoms with van der Waals surface area (Å²) in [6, 6.07) is 0. The van der Waals surface area contributed by atoms with Gasteiger partial charge in [0.2, 0.25) is 0 Å². The van der Waals surface area contributed by atoms with Gasteiger partial charge in [0.25, 0.3) is 5.91 Å². The highest BCUT2D eigenvalue weighted by Gasteiger charge is 1.89. The van der Waals surface area contributed by atoms with Gasteiger partial charge in [-0.3, -0.25) is 4.79 Å². The van der Waals surface area contributed by atoms with E-state index in [0.717, 1.165) is 6.08 Å². The van der Waals surface area contributed by atoms with Gasteiger partial charge in [0, 0.05) is 12.2 Å². The Labute approximate surface area is 51.5 Å². The molecule has 9 heavy (non-hydrogen) atoms. The minimum atomic E-state index is -1.17. The van der Waals surface area contributed by atoms with Crippen LogP contribution in [0.5, 0.6) is 0 Å². The second-order valence-corrected chi connectivity index (χ2v) is 1.17. The quantitative estimate of drug-likeness (QED) is 0.414. The Morgan fingerprint density at radius 2 is 2.00 bits per heavy atom. The molecule has 1 N–H and O–H groups in total. The molecule has 0 rings (SSSR count). The standard InChI is InChI=1S/C5H5NO3/c1-6-4(7)2-3-5(8)9/h2-3H,1H2,(H,8,9)/b3-2-. The summed E-state index contributed by atoms with van der Waals surface area (Å²) >= 11 is 0. The fourth-order valence-electron chi connectivity index (χ4n) is 0.195. The van der Waals surface area contributed by atoms with Crippen LogP contribution < -0.4 is 0 Å². The SMILES string of the molecule is C=NC(=O)/C=C\C(=O)O. The van der Waals surface area contributed by atoms with E-state index < -0.39 is 11.9 Å².